The van der Waals surface area contributed by atoms with Crippen LogP contribution in [0.3, 0.4) is 0 Å². The van der Waals surface area contributed by atoms with Crippen molar-refractivity contribution in [3.05, 3.63) is 99.7 Å². The van der Waals surface area contributed by atoms with Gasteiger partial charge in [0, 0.05) is 5.69 Å². The molecule has 3 aromatic carbocycles. The molecule has 1 aliphatic rings. The molecule has 1 heterocycles. The topological polar surface area (TPSA) is 49.4 Å². The average Bonchev–Trinajstić information content (AvgIpc) is 3.01. The number of aryl methyl sites for hydroxylation is 4. The molecule has 0 fully saturated rings. The molecule has 4 rings (SSSR count). The fraction of sp³-hybridized carbons (Fsp3) is 0.267. The highest BCUT2D eigenvalue weighted by Gasteiger charge is 2.40. The maximum Gasteiger partial charge on any atom is 0.282 e. The van der Waals surface area contributed by atoms with E-state index in [1.165, 1.54) is 10.5 Å². The minimum absolute atomic E-state index is 0.0294. The number of hydrogen-bond donors (Lipinski definition) is 1. The molecular weight excluding hydrogens is 420 g/mol. The molecule has 0 atom stereocenters. The zero-order valence-corrected chi connectivity index (χ0v) is 21.0. The van der Waals surface area contributed by atoms with Crippen LogP contribution in [0.4, 0.5) is 11.4 Å². The zero-order valence-electron chi connectivity index (χ0n) is 21.0. The van der Waals surface area contributed by atoms with E-state index in [0.29, 0.717) is 17.0 Å². The molecule has 0 aromatic heterocycles. The summed E-state index contributed by atoms with van der Waals surface area (Å²) in [6.45, 7) is 14.5. The van der Waals surface area contributed by atoms with Gasteiger partial charge in [-0.15, -0.1) is 0 Å². The minimum Gasteiger partial charge on any atom is -0.350 e. The summed E-state index contributed by atoms with van der Waals surface area (Å²) in [5.74, 6) is -0.660. The number of carbonyl (C=O) groups is 2. The first-order chi connectivity index (χ1) is 16.0. The van der Waals surface area contributed by atoms with Crippen molar-refractivity contribution in [1.82, 2.24) is 0 Å². The number of anilines is 2. The molecule has 0 saturated heterocycles. The first-order valence-electron chi connectivity index (χ1n) is 11.6. The first kappa shape index (κ1) is 23.5. The molecule has 0 saturated carbocycles. The highest BCUT2D eigenvalue weighted by Crippen LogP contribution is 2.35. The second kappa shape index (κ2) is 8.60. The number of rotatable bonds is 4. The smallest absolute Gasteiger partial charge is 0.282 e. The Labute approximate surface area is 202 Å². The van der Waals surface area contributed by atoms with Crippen molar-refractivity contribution in [3.8, 4) is 0 Å². The van der Waals surface area contributed by atoms with E-state index in [-0.39, 0.29) is 17.2 Å². The van der Waals surface area contributed by atoms with Crippen LogP contribution in [-0.2, 0) is 15.0 Å². The Bertz CT molecular complexity index is 1320. The van der Waals surface area contributed by atoms with Crippen LogP contribution in [0.2, 0.25) is 0 Å². The number of carbonyl (C=O) groups excluding carboxylic acids is 2. The van der Waals surface area contributed by atoms with Gasteiger partial charge in [-0.05, 0) is 90.8 Å². The number of nitrogens with zero attached hydrogens (tertiary/aromatic N) is 1. The summed E-state index contributed by atoms with van der Waals surface area (Å²) >= 11 is 0. The zero-order chi connectivity index (χ0) is 24.8. The molecule has 0 spiro atoms. The highest BCUT2D eigenvalue weighted by molar-refractivity contribution is 6.46. The summed E-state index contributed by atoms with van der Waals surface area (Å²) in [7, 11) is 0. The molecule has 0 bridgehead atoms. The summed E-state index contributed by atoms with van der Waals surface area (Å²) in [4.78, 5) is 28.6. The molecule has 34 heavy (non-hydrogen) atoms. The minimum atomic E-state index is -0.346. The summed E-state index contributed by atoms with van der Waals surface area (Å²) in [6, 6.07) is 19.6. The van der Waals surface area contributed by atoms with Gasteiger partial charge in [-0.3, -0.25) is 9.59 Å². The Kier molecular flexibility index (Phi) is 5.94. The molecule has 0 unspecified atom stereocenters. The van der Waals surface area contributed by atoms with E-state index in [4.69, 9.17) is 0 Å². The van der Waals surface area contributed by atoms with Crippen LogP contribution in [0.25, 0.3) is 5.57 Å². The second-order valence-corrected chi connectivity index (χ2v) is 10.2. The maximum absolute atomic E-state index is 13.7. The SMILES string of the molecule is Cc1ccc(C2=C(Nc3ccc(C(C)(C)C)cc3)C(=O)N(c3ccc(C)c(C)c3)C2=O)cc1C. The van der Waals surface area contributed by atoms with Crippen LogP contribution in [0.15, 0.2) is 66.4 Å². The summed E-state index contributed by atoms with van der Waals surface area (Å²) in [5.41, 5.74) is 8.37. The molecule has 2 amide bonds. The van der Waals surface area contributed by atoms with Gasteiger partial charge in [0.05, 0.1) is 11.3 Å². The van der Waals surface area contributed by atoms with E-state index in [2.05, 4.69) is 38.2 Å². The normalized spacial score (nSPS) is 14.3. The van der Waals surface area contributed by atoms with Gasteiger partial charge in [-0.25, -0.2) is 4.90 Å². The van der Waals surface area contributed by atoms with E-state index >= 15 is 0 Å². The van der Waals surface area contributed by atoms with Crippen molar-refractivity contribution >= 4 is 28.8 Å². The fourth-order valence-corrected chi connectivity index (χ4v) is 4.11. The predicted molar refractivity (Wildman–Crippen MR) is 140 cm³/mol. The first-order valence-corrected chi connectivity index (χ1v) is 11.6. The molecular formula is C30H32N2O2. The number of imide groups is 1. The van der Waals surface area contributed by atoms with Crippen molar-refractivity contribution in [1.29, 1.82) is 0 Å². The van der Waals surface area contributed by atoms with Gasteiger partial charge in [0.1, 0.15) is 5.70 Å². The Balaban J connectivity index is 1.81. The van der Waals surface area contributed by atoms with Gasteiger partial charge >= 0.3 is 0 Å². The van der Waals surface area contributed by atoms with Gasteiger partial charge in [-0.2, -0.15) is 0 Å². The van der Waals surface area contributed by atoms with Crippen molar-refractivity contribution in [3.63, 3.8) is 0 Å². The third-order valence-corrected chi connectivity index (χ3v) is 6.65. The van der Waals surface area contributed by atoms with Crippen molar-refractivity contribution in [2.24, 2.45) is 0 Å². The van der Waals surface area contributed by atoms with Crippen LogP contribution >= 0.6 is 0 Å². The lowest BCUT2D eigenvalue weighted by Gasteiger charge is -2.19. The molecule has 4 heteroatoms. The molecule has 3 aromatic rings. The molecule has 0 aliphatic carbocycles. The standard InChI is InChI=1S/C30H32N2O2/c1-18-8-10-22(16-20(18)3)26-27(31-24-13-11-23(12-14-24)30(5,6)7)29(34)32(28(26)33)25-15-9-19(2)21(4)17-25/h8-17,31H,1-7H3. The molecule has 1 aliphatic heterocycles. The number of benzene rings is 3. The summed E-state index contributed by atoms with van der Waals surface area (Å²) < 4.78 is 0. The Morgan fingerprint density at radius 1 is 0.676 bits per heavy atom. The third kappa shape index (κ3) is 4.28. The lowest BCUT2D eigenvalue weighted by atomic mass is 9.87. The van der Waals surface area contributed by atoms with Crippen molar-refractivity contribution in [2.45, 2.75) is 53.9 Å². The Morgan fingerprint density at radius 3 is 1.82 bits per heavy atom. The third-order valence-electron chi connectivity index (χ3n) is 6.65. The Morgan fingerprint density at radius 2 is 1.26 bits per heavy atom. The van der Waals surface area contributed by atoms with Gasteiger partial charge in [0.15, 0.2) is 0 Å². The molecule has 1 N–H and O–H groups in total. The van der Waals surface area contributed by atoms with E-state index in [9.17, 15) is 9.59 Å². The fourth-order valence-electron chi connectivity index (χ4n) is 4.11. The summed E-state index contributed by atoms with van der Waals surface area (Å²) in [6.07, 6.45) is 0. The Hall–Kier alpha value is -3.66. The van der Waals surface area contributed by atoms with Crippen molar-refractivity contribution in [2.75, 3.05) is 10.2 Å². The van der Waals surface area contributed by atoms with Gasteiger partial charge in [0.25, 0.3) is 11.8 Å². The number of nitrogens with one attached hydrogen (secondary N) is 1. The van der Waals surface area contributed by atoms with Gasteiger partial charge in [-0.1, -0.05) is 57.2 Å². The van der Waals surface area contributed by atoms with E-state index in [0.717, 1.165) is 33.5 Å². The van der Waals surface area contributed by atoms with Crippen LogP contribution in [0, 0.1) is 27.7 Å². The molecule has 174 valence electrons. The lowest BCUT2D eigenvalue weighted by Crippen LogP contribution is -2.32. The van der Waals surface area contributed by atoms with Crippen LogP contribution in [0.5, 0.6) is 0 Å². The van der Waals surface area contributed by atoms with Gasteiger partial charge < -0.3 is 5.32 Å². The monoisotopic (exact) mass is 452 g/mol. The van der Waals surface area contributed by atoms with Crippen LogP contribution in [-0.4, -0.2) is 11.8 Å². The number of hydrogen-bond acceptors (Lipinski definition) is 3. The quantitative estimate of drug-likeness (QED) is 0.453. The predicted octanol–water partition coefficient (Wildman–Crippen LogP) is 6.61. The average molecular weight is 453 g/mol. The molecule has 0 radical (unpaired) electrons. The highest BCUT2D eigenvalue weighted by atomic mass is 16.2. The van der Waals surface area contributed by atoms with E-state index < -0.39 is 0 Å². The maximum atomic E-state index is 13.7. The second-order valence-electron chi connectivity index (χ2n) is 10.2. The van der Waals surface area contributed by atoms with Crippen molar-refractivity contribution < 1.29 is 9.59 Å². The lowest BCUT2D eigenvalue weighted by molar-refractivity contribution is -0.120. The van der Waals surface area contributed by atoms with Gasteiger partial charge in [0.2, 0.25) is 0 Å². The largest absolute Gasteiger partial charge is 0.350 e. The molecule has 4 nitrogen and oxygen atoms in total. The number of amides is 2. The van der Waals surface area contributed by atoms with Crippen LogP contribution in [0.1, 0.15) is 54.2 Å². The van der Waals surface area contributed by atoms with E-state index in [1.807, 2.05) is 76.2 Å². The van der Waals surface area contributed by atoms with E-state index in [1.54, 1.807) is 0 Å². The van der Waals surface area contributed by atoms with Crippen LogP contribution < -0.4 is 10.2 Å². The summed E-state index contributed by atoms with van der Waals surface area (Å²) in [5, 5.41) is 3.28.